The summed E-state index contributed by atoms with van der Waals surface area (Å²) in [5, 5.41) is 0. The van der Waals surface area contributed by atoms with Gasteiger partial charge in [-0.3, -0.25) is 0 Å². The lowest BCUT2D eigenvalue weighted by atomic mass is 10.3. The number of anilines is 1. The van der Waals surface area contributed by atoms with Crippen molar-refractivity contribution in [3.63, 3.8) is 0 Å². The lowest BCUT2D eigenvalue weighted by Gasteiger charge is -1.95. The lowest BCUT2D eigenvalue weighted by molar-refractivity contribution is 1.59. The highest BCUT2D eigenvalue weighted by Gasteiger charge is 1.92. The molecule has 0 aromatic heterocycles. The molecular formula is C6H5Br2N. The van der Waals surface area contributed by atoms with E-state index in [2.05, 4.69) is 31.9 Å². The molecule has 1 aromatic carbocycles. The van der Waals surface area contributed by atoms with Crippen LogP contribution in [-0.4, -0.2) is 0 Å². The molecule has 1 aromatic rings. The Hall–Kier alpha value is -0.0200. The highest BCUT2D eigenvalue weighted by Crippen LogP contribution is 2.22. The van der Waals surface area contributed by atoms with Gasteiger partial charge in [0.05, 0.1) is 4.11 Å². The Morgan fingerprint density at radius 3 is 2.78 bits per heavy atom. The Kier molecular flexibility index (Phi) is 1.20. The number of hydrogen-bond donors (Lipinski definition) is 1. The fraction of sp³-hybridized carbons (Fsp3) is 0. The van der Waals surface area contributed by atoms with Crippen LogP contribution >= 0.6 is 31.9 Å². The molecule has 2 N–H and O–H groups in total. The largest absolute Gasteiger partial charge is 0.398 e. The average Bonchev–Trinajstić information content (AvgIpc) is 2.08. The van der Waals surface area contributed by atoms with Crippen LogP contribution in [0.5, 0.6) is 0 Å². The number of rotatable bonds is 0. The van der Waals surface area contributed by atoms with Gasteiger partial charge < -0.3 is 5.73 Å². The fourth-order valence-corrected chi connectivity index (χ4v) is 1.23. The van der Waals surface area contributed by atoms with Gasteiger partial charge in [-0.25, -0.2) is 0 Å². The van der Waals surface area contributed by atoms with Crippen molar-refractivity contribution >= 4 is 37.5 Å². The molecule has 3 heteroatoms. The van der Waals surface area contributed by atoms with E-state index in [1.54, 1.807) is 0 Å². The van der Waals surface area contributed by atoms with Crippen molar-refractivity contribution in [1.29, 1.82) is 0 Å². The molecule has 0 heterocycles. The molecule has 0 saturated heterocycles. The van der Waals surface area contributed by atoms with E-state index in [0.29, 0.717) is 4.47 Å². The smallest absolute Gasteiger partial charge is 0.0647 e. The molecule has 0 aliphatic rings. The minimum Gasteiger partial charge on any atom is -0.398 e. The summed E-state index contributed by atoms with van der Waals surface area (Å²) in [6, 6.07) is -0.0149. The molecule has 0 amide bonds. The molecular weight excluding hydrogens is 246 g/mol. The number of hydrogen-bond acceptors (Lipinski definition) is 1. The van der Waals surface area contributed by atoms with Crippen LogP contribution in [0.4, 0.5) is 5.69 Å². The maximum Gasteiger partial charge on any atom is 0.0647 e. The highest BCUT2D eigenvalue weighted by atomic mass is 79.9. The van der Waals surface area contributed by atoms with Gasteiger partial charge in [0, 0.05) is 14.6 Å². The Bertz CT molecular complexity index is 235. The second-order valence-electron chi connectivity index (χ2n) is 1.42. The van der Waals surface area contributed by atoms with Crippen molar-refractivity contribution in [2.24, 2.45) is 0 Å². The van der Waals surface area contributed by atoms with Crippen LogP contribution in [-0.2, 0) is 0 Å². The van der Waals surface area contributed by atoms with Crippen molar-refractivity contribution < 1.29 is 4.11 Å². The summed E-state index contributed by atoms with van der Waals surface area (Å²) < 4.78 is 22.8. The normalized spacial score (nSPS) is 14.2. The number of nitrogens with two attached hydrogens (primary N) is 1. The Morgan fingerprint density at radius 2 is 2.11 bits per heavy atom. The Balaban J connectivity index is 3.60. The summed E-state index contributed by atoms with van der Waals surface area (Å²) in [4.78, 5) is 0. The fourth-order valence-electron chi connectivity index (χ4n) is 0.372. The third-order valence-electron chi connectivity index (χ3n) is 0.763. The molecule has 0 spiro atoms. The van der Waals surface area contributed by atoms with Crippen LogP contribution < -0.4 is 5.73 Å². The zero-order valence-electron chi connectivity index (χ0n) is 7.33. The molecule has 0 aliphatic carbocycles. The maximum atomic E-state index is 7.45. The first kappa shape index (κ1) is 3.98. The Labute approximate surface area is 74.7 Å². The predicted molar refractivity (Wildman–Crippen MR) is 46.3 cm³/mol. The first-order valence-corrected chi connectivity index (χ1v) is 3.75. The second kappa shape index (κ2) is 2.71. The third-order valence-corrected chi connectivity index (χ3v) is 1.78. The van der Waals surface area contributed by atoms with Crippen molar-refractivity contribution in [3.05, 3.63) is 27.1 Å². The van der Waals surface area contributed by atoms with Crippen LogP contribution in [0.15, 0.2) is 27.1 Å². The van der Waals surface area contributed by atoms with Gasteiger partial charge in [-0.2, -0.15) is 0 Å². The van der Waals surface area contributed by atoms with E-state index in [4.69, 9.17) is 9.85 Å². The van der Waals surface area contributed by atoms with Gasteiger partial charge in [-0.05, 0) is 34.1 Å². The van der Waals surface area contributed by atoms with E-state index < -0.39 is 0 Å². The summed E-state index contributed by atoms with van der Waals surface area (Å²) in [7, 11) is 0. The standard InChI is InChI=1S/C6H5Br2N/c7-4-1-2-6(9)5(8)3-4/h1-3H,9H2/i1D,2D,3D. The first-order valence-electron chi connectivity index (χ1n) is 3.67. The SMILES string of the molecule is [2H]c1c([2H])c(Br)c([2H])c(Br)c1N. The molecule has 0 unspecified atom stereocenters. The number of nitrogen functional groups attached to an aromatic ring is 1. The Morgan fingerprint density at radius 1 is 1.44 bits per heavy atom. The molecule has 0 saturated carbocycles. The summed E-state index contributed by atoms with van der Waals surface area (Å²) in [6.45, 7) is 0. The molecule has 1 nitrogen and oxygen atoms in total. The highest BCUT2D eigenvalue weighted by molar-refractivity contribution is 9.11. The van der Waals surface area contributed by atoms with Gasteiger partial charge in [-0.1, -0.05) is 15.9 Å². The van der Waals surface area contributed by atoms with Gasteiger partial charge >= 0.3 is 0 Å². The number of benzene rings is 1. The van der Waals surface area contributed by atoms with Crippen molar-refractivity contribution in [2.75, 3.05) is 5.73 Å². The van der Waals surface area contributed by atoms with E-state index in [1.807, 2.05) is 0 Å². The van der Waals surface area contributed by atoms with Gasteiger partial charge in [0.2, 0.25) is 0 Å². The summed E-state index contributed by atoms with van der Waals surface area (Å²) in [5.74, 6) is 0. The van der Waals surface area contributed by atoms with E-state index in [9.17, 15) is 0 Å². The lowest BCUT2D eigenvalue weighted by Crippen LogP contribution is -1.84. The van der Waals surface area contributed by atoms with Crippen LogP contribution in [0, 0.1) is 0 Å². The molecule has 48 valence electrons. The van der Waals surface area contributed by atoms with Gasteiger partial charge in [0.25, 0.3) is 0 Å². The van der Waals surface area contributed by atoms with E-state index in [-0.39, 0.29) is 28.3 Å². The van der Waals surface area contributed by atoms with Crippen LogP contribution in [0.2, 0.25) is 0 Å². The zero-order chi connectivity index (χ0) is 9.46. The first-order chi connectivity index (χ1) is 5.46. The molecule has 0 bridgehead atoms. The van der Waals surface area contributed by atoms with Crippen LogP contribution in [0.3, 0.4) is 0 Å². The second-order valence-corrected chi connectivity index (χ2v) is 3.00. The van der Waals surface area contributed by atoms with E-state index in [0.717, 1.165) is 0 Å². The monoisotopic (exact) mass is 252 g/mol. The molecule has 9 heavy (non-hydrogen) atoms. The van der Waals surface area contributed by atoms with E-state index >= 15 is 0 Å². The predicted octanol–water partition coefficient (Wildman–Crippen LogP) is 2.79. The summed E-state index contributed by atoms with van der Waals surface area (Å²) in [6.07, 6.45) is 0. The molecule has 1 rings (SSSR count). The summed E-state index contributed by atoms with van der Waals surface area (Å²) >= 11 is 6.10. The summed E-state index contributed by atoms with van der Waals surface area (Å²) in [5.41, 5.74) is 5.59. The van der Waals surface area contributed by atoms with Crippen LogP contribution in [0.25, 0.3) is 0 Å². The molecule has 0 atom stereocenters. The minimum atomic E-state index is -0.0650. The van der Waals surface area contributed by atoms with Crippen LogP contribution in [0.1, 0.15) is 4.11 Å². The number of halogens is 2. The molecule has 0 aliphatic heterocycles. The van der Waals surface area contributed by atoms with Crippen molar-refractivity contribution in [2.45, 2.75) is 0 Å². The van der Waals surface area contributed by atoms with E-state index in [1.165, 1.54) is 0 Å². The average molecular weight is 254 g/mol. The van der Waals surface area contributed by atoms with Gasteiger partial charge in [0.1, 0.15) is 0 Å². The molecule has 0 fully saturated rings. The topological polar surface area (TPSA) is 26.0 Å². The van der Waals surface area contributed by atoms with Crippen molar-refractivity contribution in [1.82, 2.24) is 0 Å². The minimum absolute atomic E-state index is 0.0549. The maximum absolute atomic E-state index is 7.45. The quantitative estimate of drug-likeness (QED) is 0.707. The third kappa shape index (κ3) is 1.69. The van der Waals surface area contributed by atoms with Crippen molar-refractivity contribution in [3.8, 4) is 0 Å². The zero-order valence-corrected chi connectivity index (χ0v) is 7.51. The van der Waals surface area contributed by atoms with Gasteiger partial charge in [0.15, 0.2) is 0 Å². The molecule has 0 radical (unpaired) electrons. The van der Waals surface area contributed by atoms with Gasteiger partial charge in [-0.15, -0.1) is 0 Å².